The summed E-state index contributed by atoms with van der Waals surface area (Å²) in [6.45, 7) is 2.40. The zero-order valence-corrected chi connectivity index (χ0v) is 9.76. The molecule has 4 heteroatoms. The topological polar surface area (TPSA) is 55.8 Å². The lowest BCUT2D eigenvalue weighted by Gasteiger charge is -2.12. The van der Waals surface area contributed by atoms with Crippen LogP contribution < -0.4 is 0 Å². The van der Waals surface area contributed by atoms with E-state index in [2.05, 4.69) is 0 Å². The molecule has 0 radical (unpaired) electrons. The molecule has 17 heavy (non-hydrogen) atoms. The molecule has 1 fully saturated rings. The van der Waals surface area contributed by atoms with E-state index in [1.807, 2.05) is 31.2 Å². The van der Waals surface area contributed by atoms with Gasteiger partial charge in [-0.1, -0.05) is 24.3 Å². The molecule has 0 spiro atoms. The van der Waals surface area contributed by atoms with Crippen molar-refractivity contribution in [2.75, 3.05) is 6.61 Å². The van der Waals surface area contributed by atoms with Crippen molar-refractivity contribution in [1.82, 2.24) is 0 Å². The first-order valence-corrected chi connectivity index (χ1v) is 5.68. The molecular weight excluding hydrogens is 220 g/mol. The first-order chi connectivity index (χ1) is 8.15. The Balaban J connectivity index is 1.90. The monoisotopic (exact) mass is 236 g/mol. The van der Waals surface area contributed by atoms with Crippen LogP contribution in [0, 0.1) is 6.92 Å². The lowest BCUT2D eigenvalue weighted by molar-refractivity contribution is -0.140. The zero-order chi connectivity index (χ0) is 12.3. The van der Waals surface area contributed by atoms with Gasteiger partial charge in [0, 0.05) is 6.42 Å². The molecular formula is C13H16O4. The summed E-state index contributed by atoms with van der Waals surface area (Å²) in [5.41, 5.74) is 2.37. The quantitative estimate of drug-likeness (QED) is 0.865. The maximum atomic E-state index is 10.5. The highest BCUT2D eigenvalue weighted by molar-refractivity contribution is 5.67. The van der Waals surface area contributed by atoms with Gasteiger partial charge in [0.05, 0.1) is 19.1 Å². The SMILES string of the molecule is Cc1ccccc1CC1OCC(CC(=O)O)O1. The second-order valence-electron chi connectivity index (χ2n) is 4.25. The summed E-state index contributed by atoms with van der Waals surface area (Å²) in [6, 6.07) is 8.04. The Morgan fingerprint density at radius 1 is 1.47 bits per heavy atom. The van der Waals surface area contributed by atoms with Crippen molar-refractivity contribution in [2.45, 2.75) is 32.2 Å². The van der Waals surface area contributed by atoms with Crippen LogP contribution in [0.2, 0.25) is 0 Å². The van der Waals surface area contributed by atoms with Gasteiger partial charge in [0.1, 0.15) is 0 Å². The van der Waals surface area contributed by atoms with Crippen molar-refractivity contribution in [3.63, 3.8) is 0 Å². The summed E-state index contributed by atoms with van der Waals surface area (Å²) >= 11 is 0. The molecule has 0 aromatic heterocycles. The molecule has 92 valence electrons. The number of hydrogen-bond acceptors (Lipinski definition) is 3. The van der Waals surface area contributed by atoms with Crippen LogP contribution in [0.5, 0.6) is 0 Å². The number of carbonyl (C=O) groups is 1. The molecule has 1 aromatic rings. The molecule has 1 aliphatic heterocycles. The molecule has 1 saturated heterocycles. The maximum Gasteiger partial charge on any atom is 0.306 e. The van der Waals surface area contributed by atoms with E-state index < -0.39 is 5.97 Å². The van der Waals surface area contributed by atoms with Crippen LogP contribution in [0.15, 0.2) is 24.3 Å². The van der Waals surface area contributed by atoms with E-state index in [4.69, 9.17) is 14.6 Å². The Bertz CT molecular complexity index is 402. The summed E-state index contributed by atoms with van der Waals surface area (Å²) in [6.07, 6.45) is 0.0366. The van der Waals surface area contributed by atoms with E-state index in [0.29, 0.717) is 13.0 Å². The average molecular weight is 236 g/mol. The molecule has 0 amide bonds. The van der Waals surface area contributed by atoms with Gasteiger partial charge in [-0.15, -0.1) is 0 Å². The van der Waals surface area contributed by atoms with Crippen molar-refractivity contribution >= 4 is 5.97 Å². The van der Waals surface area contributed by atoms with Gasteiger partial charge in [-0.25, -0.2) is 0 Å². The fourth-order valence-electron chi connectivity index (χ4n) is 1.94. The van der Waals surface area contributed by atoms with Gasteiger partial charge in [0.15, 0.2) is 6.29 Å². The first kappa shape index (κ1) is 12.1. The van der Waals surface area contributed by atoms with E-state index in [1.54, 1.807) is 0 Å². The van der Waals surface area contributed by atoms with Crippen LogP contribution in [-0.2, 0) is 20.7 Å². The summed E-state index contributed by atoms with van der Waals surface area (Å²) in [5, 5.41) is 8.66. The molecule has 0 aliphatic carbocycles. The third kappa shape index (κ3) is 3.28. The van der Waals surface area contributed by atoms with Crippen LogP contribution in [-0.4, -0.2) is 30.1 Å². The highest BCUT2D eigenvalue weighted by Crippen LogP contribution is 2.19. The van der Waals surface area contributed by atoms with E-state index in [-0.39, 0.29) is 18.8 Å². The Morgan fingerprint density at radius 2 is 2.24 bits per heavy atom. The second-order valence-corrected chi connectivity index (χ2v) is 4.25. The van der Waals surface area contributed by atoms with Crippen molar-refractivity contribution in [3.05, 3.63) is 35.4 Å². The molecule has 2 atom stereocenters. The van der Waals surface area contributed by atoms with Crippen molar-refractivity contribution in [2.24, 2.45) is 0 Å². The Morgan fingerprint density at radius 3 is 2.94 bits per heavy atom. The maximum absolute atomic E-state index is 10.5. The minimum atomic E-state index is -0.852. The minimum absolute atomic E-state index is 0.00424. The molecule has 0 saturated carbocycles. The highest BCUT2D eigenvalue weighted by atomic mass is 16.7. The predicted molar refractivity (Wildman–Crippen MR) is 61.7 cm³/mol. The number of ether oxygens (including phenoxy) is 2. The fraction of sp³-hybridized carbons (Fsp3) is 0.462. The number of hydrogen-bond donors (Lipinski definition) is 1. The van der Waals surface area contributed by atoms with E-state index in [9.17, 15) is 4.79 Å². The average Bonchev–Trinajstić information content (AvgIpc) is 2.68. The second kappa shape index (κ2) is 5.29. The number of benzene rings is 1. The summed E-state index contributed by atoms with van der Waals surface area (Å²) in [4.78, 5) is 10.5. The third-order valence-corrected chi connectivity index (χ3v) is 2.86. The number of aliphatic carboxylic acids is 1. The Kier molecular flexibility index (Phi) is 3.76. The number of rotatable bonds is 4. The van der Waals surface area contributed by atoms with Crippen molar-refractivity contribution < 1.29 is 19.4 Å². The zero-order valence-electron chi connectivity index (χ0n) is 9.76. The van der Waals surface area contributed by atoms with E-state index in [1.165, 1.54) is 11.1 Å². The van der Waals surface area contributed by atoms with Crippen LogP contribution >= 0.6 is 0 Å². The molecule has 0 bridgehead atoms. The number of carboxylic acid groups (broad SMARTS) is 1. The summed E-state index contributed by atoms with van der Waals surface area (Å²) < 4.78 is 11.0. The standard InChI is InChI=1S/C13H16O4/c1-9-4-2-3-5-10(9)6-13-16-8-11(17-13)7-12(14)15/h2-5,11,13H,6-8H2,1H3,(H,14,15). The molecule has 2 unspecified atom stereocenters. The van der Waals surface area contributed by atoms with Gasteiger partial charge in [-0.2, -0.15) is 0 Å². The van der Waals surface area contributed by atoms with Crippen LogP contribution in [0.3, 0.4) is 0 Å². The van der Waals surface area contributed by atoms with Crippen LogP contribution in [0.25, 0.3) is 0 Å². The molecule has 1 N–H and O–H groups in total. The van der Waals surface area contributed by atoms with E-state index in [0.717, 1.165) is 0 Å². The van der Waals surface area contributed by atoms with E-state index >= 15 is 0 Å². The van der Waals surface area contributed by atoms with Gasteiger partial charge < -0.3 is 14.6 Å². The summed E-state index contributed by atoms with van der Waals surface area (Å²) in [7, 11) is 0. The van der Waals surface area contributed by atoms with Gasteiger partial charge in [-0.3, -0.25) is 4.79 Å². The molecule has 4 nitrogen and oxygen atoms in total. The molecule has 1 heterocycles. The molecule has 1 aromatic carbocycles. The minimum Gasteiger partial charge on any atom is -0.481 e. The van der Waals surface area contributed by atoms with Crippen molar-refractivity contribution in [3.8, 4) is 0 Å². The third-order valence-electron chi connectivity index (χ3n) is 2.86. The number of carboxylic acids is 1. The van der Waals surface area contributed by atoms with Gasteiger partial charge in [0.25, 0.3) is 0 Å². The smallest absolute Gasteiger partial charge is 0.306 e. The lowest BCUT2D eigenvalue weighted by atomic mass is 10.1. The van der Waals surface area contributed by atoms with Gasteiger partial charge in [0.2, 0.25) is 0 Å². The van der Waals surface area contributed by atoms with Crippen LogP contribution in [0.4, 0.5) is 0 Å². The first-order valence-electron chi connectivity index (χ1n) is 5.68. The fourth-order valence-corrected chi connectivity index (χ4v) is 1.94. The van der Waals surface area contributed by atoms with Crippen molar-refractivity contribution in [1.29, 1.82) is 0 Å². The highest BCUT2D eigenvalue weighted by Gasteiger charge is 2.28. The van der Waals surface area contributed by atoms with Gasteiger partial charge >= 0.3 is 5.97 Å². The lowest BCUT2D eigenvalue weighted by Crippen LogP contribution is -2.18. The Labute approximate surface area is 100 Å². The summed E-state index contributed by atoms with van der Waals surface area (Å²) in [5.74, 6) is -0.852. The predicted octanol–water partition coefficient (Wildman–Crippen LogP) is 1.75. The molecule has 2 rings (SSSR count). The van der Waals surface area contributed by atoms with Crippen LogP contribution in [0.1, 0.15) is 17.5 Å². The number of aryl methyl sites for hydroxylation is 1. The Hall–Kier alpha value is -1.39. The molecule has 1 aliphatic rings. The normalized spacial score (nSPS) is 23.8. The largest absolute Gasteiger partial charge is 0.481 e. The van der Waals surface area contributed by atoms with Gasteiger partial charge in [-0.05, 0) is 18.1 Å².